The van der Waals surface area contributed by atoms with Gasteiger partial charge in [-0.05, 0) is 42.9 Å². The van der Waals surface area contributed by atoms with E-state index in [1.54, 1.807) is 0 Å². The number of rotatable bonds is 6. The molecule has 0 fully saturated rings. The van der Waals surface area contributed by atoms with E-state index in [0.717, 1.165) is 24.3 Å². The van der Waals surface area contributed by atoms with E-state index in [1.807, 2.05) is 18.5 Å². The second kappa shape index (κ2) is 6.75. The van der Waals surface area contributed by atoms with Crippen molar-refractivity contribution in [2.75, 3.05) is 6.54 Å². The van der Waals surface area contributed by atoms with E-state index in [2.05, 4.69) is 51.0 Å². The van der Waals surface area contributed by atoms with Crippen LogP contribution in [0.4, 0.5) is 0 Å². The van der Waals surface area contributed by atoms with Crippen LogP contribution < -0.4 is 5.32 Å². The molecule has 0 saturated heterocycles. The number of aromatic nitrogens is 1. The van der Waals surface area contributed by atoms with E-state index < -0.39 is 0 Å². The van der Waals surface area contributed by atoms with E-state index in [9.17, 15) is 0 Å². The molecule has 0 radical (unpaired) electrons. The largest absolute Gasteiger partial charge is 0.310 e. The van der Waals surface area contributed by atoms with Crippen LogP contribution in [0.5, 0.6) is 0 Å². The zero-order valence-electron chi connectivity index (χ0n) is 11.8. The van der Waals surface area contributed by atoms with Gasteiger partial charge in [0.05, 0.1) is 0 Å². The van der Waals surface area contributed by atoms with E-state index >= 15 is 0 Å². The molecule has 2 heteroatoms. The lowest BCUT2D eigenvalue weighted by Gasteiger charge is -2.27. The topological polar surface area (TPSA) is 24.9 Å². The number of nitrogens with one attached hydrogen (secondary N) is 1. The van der Waals surface area contributed by atoms with Gasteiger partial charge in [0, 0.05) is 18.4 Å². The van der Waals surface area contributed by atoms with Crippen molar-refractivity contribution in [1.29, 1.82) is 0 Å². The third-order valence-corrected chi connectivity index (χ3v) is 3.56. The fourth-order valence-corrected chi connectivity index (χ4v) is 2.30. The molecule has 0 saturated carbocycles. The molecule has 0 amide bonds. The van der Waals surface area contributed by atoms with Gasteiger partial charge in [0.25, 0.3) is 0 Å². The molecule has 96 valence electrons. The Hall–Kier alpha value is -0.890. The van der Waals surface area contributed by atoms with Gasteiger partial charge in [-0.25, -0.2) is 0 Å². The van der Waals surface area contributed by atoms with Gasteiger partial charge in [-0.15, -0.1) is 0 Å². The van der Waals surface area contributed by atoms with Gasteiger partial charge in [0.15, 0.2) is 0 Å². The lowest BCUT2D eigenvalue weighted by molar-refractivity contribution is 0.268. The van der Waals surface area contributed by atoms with Crippen LogP contribution in [0.15, 0.2) is 24.5 Å². The first-order valence-electron chi connectivity index (χ1n) is 6.65. The normalized spacial score (nSPS) is 13.6. The zero-order valence-corrected chi connectivity index (χ0v) is 11.8. The number of hydrogen-bond acceptors (Lipinski definition) is 2. The van der Waals surface area contributed by atoms with E-state index in [0.29, 0.717) is 6.04 Å². The highest BCUT2D eigenvalue weighted by atomic mass is 14.9. The van der Waals surface area contributed by atoms with Crippen LogP contribution in [0.3, 0.4) is 0 Å². The summed E-state index contributed by atoms with van der Waals surface area (Å²) in [4.78, 5) is 4.16. The maximum Gasteiger partial charge on any atom is 0.0315 e. The Kier molecular flexibility index (Phi) is 5.63. The van der Waals surface area contributed by atoms with Crippen molar-refractivity contribution in [3.8, 4) is 0 Å². The van der Waals surface area contributed by atoms with Gasteiger partial charge in [-0.3, -0.25) is 4.98 Å². The molecule has 1 N–H and O–H groups in total. The lowest BCUT2D eigenvalue weighted by Crippen LogP contribution is -2.31. The molecule has 1 aromatic rings. The summed E-state index contributed by atoms with van der Waals surface area (Å²) in [6.45, 7) is 12.5. The molecule has 0 aliphatic rings. The van der Waals surface area contributed by atoms with Crippen LogP contribution in [0.2, 0.25) is 0 Å². The van der Waals surface area contributed by atoms with Crippen molar-refractivity contribution in [2.45, 2.75) is 40.7 Å². The number of hydrogen-bond donors (Lipinski definition) is 1. The molecule has 1 heterocycles. The van der Waals surface area contributed by atoms with Gasteiger partial charge < -0.3 is 5.32 Å². The molecule has 0 bridgehead atoms. The molecule has 0 aliphatic carbocycles. The van der Waals surface area contributed by atoms with Crippen LogP contribution in [-0.2, 0) is 0 Å². The second-order valence-electron chi connectivity index (χ2n) is 5.57. The molecule has 0 aromatic carbocycles. The Morgan fingerprint density at radius 1 is 1.12 bits per heavy atom. The van der Waals surface area contributed by atoms with Crippen molar-refractivity contribution in [3.05, 3.63) is 30.1 Å². The average molecular weight is 234 g/mol. The quantitative estimate of drug-likeness (QED) is 0.812. The van der Waals surface area contributed by atoms with Crippen LogP contribution in [0, 0.1) is 17.8 Å². The van der Waals surface area contributed by atoms with E-state index in [-0.39, 0.29) is 0 Å². The fourth-order valence-electron chi connectivity index (χ4n) is 2.30. The Balaban J connectivity index is 2.50. The molecular formula is C15H26N2. The van der Waals surface area contributed by atoms with Crippen LogP contribution in [0.25, 0.3) is 0 Å². The third-order valence-electron chi connectivity index (χ3n) is 3.56. The lowest BCUT2D eigenvalue weighted by atomic mass is 9.85. The molecule has 1 atom stereocenters. The smallest absolute Gasteiger partial charge is 0.0315 e. The monoisotopic (exact) mass is 234 g/mol. The molecule has 0 spiro atoms. The van der Waals surface area contributed by atoms with Crippen molar-refractivity contribution in [2.24, 2.45) is 17.8 Å². The first kappa shape index (κ1) is 14.2. The first-order chi connectivity index (χ1) is 8.02. The standard InChI is InChI=1S/C15H26N2/c1-11(2)15(12(3)4)10-17-13(5)14-7-6-8-16-9-14/h6-9,11-13,15,17H,10H2,1-5H3. The Morgan fingerprint density at radius 3 is 2.24 bits per heavy atom. The summed E-state index contributed by atoms with van der Waals surface area (Å²) in [5, 5.41) is 3.62. The Bertz CT molecular complexity index is 298. The van der Waals surface area contributed by atoms with Crippen molar-refractivity contribution in [1.82, 2.24) is 10.3 Å². The zero-order chi connectivity index (χ0) is 12.8. The summed E-state index contributed by atoms with van der Waals surface area (Å²) in [6, 6.07) is 4.50. The third kappa shape index (κ3) is 4.47. The molecule has 2 nitrogen and oxygen atoms in total. The van der Waals surface area contributed by atoms with Crippen molar-refractivity contribution in [3.63, 3.8) is 0 Å². The van der Waals surface area contributed by atoms with E-state index in [1.165, 1.54) is 5.56 Å². The van der Waals surface area contributed by atoms with Gasteiger partial charge in [-0.1, -0.05) is 33.8 Å². The minimum absolute atomic E-state index is 0.378. The molecule has 0 aliphatic heterocycles. The summed E-state index contributed by atoms with van der Waals surface area (Å²) < 4.78 is 0. The highest BCUT2D eigenvalue weighted by molar-refractivity contribution is 5.12. The van der Waals surface area contributed by atoms with Crippen LogP contribution >= 0.6 is 0 Å². The van der Waals surface area contributed by atoms with E-state index in [4.69, 9.17) is 0 Å². The maximum atomic E-state index is 4.16. The number of pyridine rings is 1. The predicted molar refractivity (Wildman–Crippen MR) is 73.8 cm³/mol. The molecule has 17 heavy (non-hydrogen) atoms. The van der Waals surface area contributed by atoms with Crippen LogP contribution in [0.1, 0.15) is 46.2 Å². The summed E-state index contributed by atoms with van der Waals surface area (Å²) in [7, 11) is 0. The molecule has 1 aromatic heterocycles. The minimum atomic E-state index is 0.378. The molecule has 1 rings (SSSR count). The highest BCUT2D eigenvalue weighted by Gasteiger charge is 2.18. The van der Waals surface area contributed by atoms with Gasteiger partial charge in [-0.2, -0.15) is 0 Å². The highest BCUT2D eigenvalue weighted by Crippen LogP contribution is 2.21. The Morgan fingerprint density at radius 2 is 1.76 bits per heavy atom. The van der Waals surface area contributed by atoms with Crippen molar-refractivity contribution < 1.29 is 0 Å². The summed E-state index contributed by atoms with van der Waals surface area (Å²) in [6.07, 6.45) is 3.76. The minimum Gasteiger partial charge on any atom is -0.310 e. The number of nitrogens with zero attached hydrogens (tertiary/aromatic N) is 1. The molecular weight excluding hydrogens is 208 g/mol. The summed E-state index contributed by atoms with van der Waals surface area (Å²) in [5.74, 6) is 2.18. The van der Waals surface area contributed by atoms with Crippen LogP contribution in [-0.4, -0.2) is 11.5 Å². The average Bonchev–Trinajstić information content (AvgIpc) is 2.29. The van der Waals surface area contributed by atoms with Crippen molar-refractivity contribution >= 4 is 0 Å². The fraction of sp³-hybridized carbons (Fsp3) is 0.667. The first-order valence-corrected chi connectivity index (χ1v) is 6.65. The molecule has 1 unspecified atom stereocenters. The van der Waals surface area contributed by atoms with Gasteiger partial charge in [0.2, 0.25) is 0 Å². The SMILES string of the molecule is CC(NCC(C(C)C)C(C)C)c1cccnc1. The Labute approximate surface area is 106 Å². The van der Waals surface area contributed by atoms with Gasteiger partial charge in [0.1, 0.15) is 0 Å². The summed E-state index contributed by atoms with van der Waals surface area (Å²) >= 11 is 0. The summed E-state index contributed by atoms with van der Waals surface area (Å²) in [5.41, 5.74) is 1.26. The predicted octanol–water partition coefficient (Wildman–Crippen LogP) is 3.66. The maximum absolute atomic E-state index is 4.16. The van der Waals surface area contributed by atoms with Gasteiger partial charge >= 0.3 is 0 Å². The second-order valence-corrected chi connectivity index (χ2v) is 5.57.